The molecule has 10 heteroatoms. The number of thiocarbonyl (C=S) groups is 1. The lowest BCUT2D eigenvalue weighted by atomic mass is 10.1. The SMILES string of the molecule is CCOC(=O)c1ccc(NC(=O)CC2C(=O)N(c3ccc(OC)cc3)C(=S)N2Cc2ccc(Cl)cc2)cc1. The van der Waals surface area contributed by atoms with Crippen LogP contribution in [0.4, 0.5) is 11.4 Å². The summed E-state index contributed by atoms with van der Waals surface area (Å²) >= 11 is 11.8. The van der Waals surface area contributed by atoms with E-state index < -0.39 is 12.0 Å². The first kappa shape index (κ1) is 27.1. The molecule has 38 heavy (non-hydrogen) atoms. The Kier molecular flexibility index (Phi) is 8.60. The Morgan fingerprint density at radius 2 is 1.66 bits per heavy atom. The second-order valence-electron chi connectivity index (χ2n) is 8.47. The zero-order chi connectivity index (χ0) is 27.2. The normalized spacial score (nSPS) is 15.0. The van der Waals surface area contributed by atoms with E-state index >= 15 is 0 Å². The van der Waals surface area contributed by atoms with Gasteiger partial charge in [0.15, 0.2) is 5.11 Å². The van der Waals surface area contributed by atoms with Crippen molar-refractivity contribution in [1.82, 2.24) is 4.90 Å². The highest BCUT2D eigenvalue weighted by Gasteiger charge is 2.44. The van der Waals surface area contributed by atoms with Gasteiger partial charge in [-0.15, -0.1) is 0 Å². The predicted octanol–water partition coefficient (Wildman–Crippen LogP) is 5.06. The third-order valence-electron chi connectivity index (χ3n) is 5.97. The van der Waals surface area contributed by atoms with E-state index in [1.165, 1.54) is 4.90 Å². The van der Waals surface area contributed by atoms with Crippen molar-refractivity contribution < 1.29 is 23.9 Å². The summed E-state index contributed by atoms with van der Waals surface area (Å²) in [6, 6.07) is 19.8. The molecule has 3 aromatic carbocycles. The summed E-state index contributed by atoms with van der Waals surface area (Å²) in [5, 5.41) is 3.69. The fourth-order valence-corrected chi connectivity index (χ4v) is 4.57. The molecule has 0 spiro atoms. The Morgan fingerprint density at radius 1 is 1.00 bits per heavy atom. The maximum atomic E-state index is 13.6. The molecule has 0 radical (unpaired) electrons. The Hall–Kier alpha value is -3.95. The molecule has 1 unspecified atom stereocenters. The van der Waals surface area contributed by atoms with Gasteiger partial charge in [-0.1, -0.05) is 23.7 Å². The molecule has 1 heterocycles. The van der Waals surface area contributed by atoms with Crippen LogP contribution in [0.25, 0.3) is 0 Å². The summed E-state index contributed by atoms with van der Waals surface area (Å²) in [6.45, 7) is 2.32. The number of amides is 2. The quantitative estimate of drug-likeness (QED) is 0.294. The topological polar surface area (TPSA) is 88.2 Å². The third-order valence-corrected chi connectivity index (χ3v) is 6.64. The molecule has 0 saturated carbocycles. The number of methoxy groups -OCH3 is 1. The van der Waals surface area contributed by atoms with E-state index in [-0.39, 0.29) is 24.8 Å². The average molecular weight is 552 g/mol. The maximum Gasteiger partial charge on any atom is 0.338 e. The van der Waals surface area contributed by atoms with Crippen molar-refractivity contribution in [3.05, 3.63) is 88.9 Å². The van der Waals surface area contributed by atoms with Crippen molar-refractivity contribution in [2.24, 2.45) is 0 Å². The van der Waals surface area contributed by atoms with Crippen molar-refractivity contribution in [3.63, 3.8) is 0 Å². The van der Waals surface area contributed by atoms with E-state index in [1.807, 2.05) is 12.1 Å². The van der Waals surface area contributed by atoms with Crippen molar-refractivity contribution in [1.29, 1.82) is 0 Å². The van der Waals surface area contributed by atoms with E-state index in [2.05, 4.69) is 5.32 Å². The Labute approximate surface area is 231 Å². The molecule has 196 valence electrons. The lowest BCUT2D eigenvalue weighted by Crippen LogP contribution is -2.37. The highest BCUT2D eigenvalue weighted by molar-refractivity contribution is 7.80. The van der Waals surface area contributed by atoms with Gasteiger partial charge in [-0.25, -0.2) is 4.79 Å². The lowest BCUT2D eigenvalue weighted by Gasteiger charge is -2.24. The number of ether oxygens (including phenoxy) is 2. The van der Waals surface area contributed by atoms with Crippen LogP contribution in [-0.2, 0) is 20.9 Å². The number of hydrogen-bond acceptors (Lipinski definition) is 6. The van der Waals surface area contributed by atoms with Gasteiger partial charge in [0.2, 0.25) is 5.91 Å². The van der Waals surface area contributed by atoms with Gasteiger partial charge in [-0.05, 0) is 85.4 Å². The van der Waals surface area contributed by atoms with Gasteiger partial charge in [0.05, 0.1) is 31.4 Å². The Morgan fingerprint density at radius 3 is 2.26 bits per heavy atom. The van der Waals surface area contributed by atoms with Crippen LogP contribution in [0.2, 0.25) is 5.02 Å². The number of benzene rings is 3. The van der Waals surface area contributed by atoms with E-state index in [0.717, 1.165) is 5.56 Å². The van der Waals surface area contributed by atoms with E-state index in [1.54, 1.807) is 79.6 Å². The van der Waals surface area contributed by atoms with E-state index in [0.29, 0.717) is 39.4 Å². The average Bonchev–Trinajstić information content (AvgIpc) is 3.14. The second-order valence-corrected chi connectivity index (χ2v) is 9.28. The van der Waals surface area contributed by atoms with Gasteiger partial charge in [0.1, 0.15) is 11.8 Å². The van der Waals surface area contributed by atoms with Crippen LogP contribution in [-0.4, -0.2) is 47.6 Å². The molecule has 0 aromatic heterocycles. The Bertz CT molecular complexity index is 1330. The molecule has 1 aliphatic heterocycles. The van der Waals surface area contributed by atoms with Crippen molar-refractivity contribution >= 4 is 58.1 Å². The molecule has 0 aliphatic carbocycles. The van der Waals surface area contributed by atoms with Crippen LogP contribution in [0.15, 0.2) is 72.8 Å². The number of nitrogens with one attached hydrogen (secondary N) is 1. The largest absolute Gasteiger partial charge is 0.497 e. The number of carbonyl (C=O) groups is 3. The minimum atomic E-state index is -0.820. The molecule has 2 amide bonds. The van der Waals surface area contributed by atoms with Crippen LogP contribution in [0.1, 0.15) is 29.3 Å². The molecule has 3 aromatic rings. The van der Waals surface area contributed by atoms with Gasteiger partial charge in [0.25, 0.3) is 5.91 Å². The third kappa shape index (κ3) is 6.12. The van der Waals surface area contributed by atoms with Crippen LogP contribution in [0.5, 0.6) is 5.75 Å². The predicted molar refractivity (Wildman–Crippen MR) is 150 cm³/mol. The van der Waals surface area contributed by atoms with Crippen LogP contribution < -0.4 is 15.0 Å². The fourth-order valence-electron chi connectivity index (χ4n) is 4.06. The first-order chi connectivity index (χ1) is 18.3. The standard InChI is InChI=1S/C28H26ClN3O5S/c1-3-37-27(35)19-6-10-21(11-7-19)30-25(33)16-24-26(34)32(22-12-14-23(36-2)15-13-22)28(38)31(24)17-18-4-8-20(29)9-5-18/h4-15,24H,3,16-17H2,1-2H3,(H,30,33). The Balaban J connectivity index is 1.54. The molecule has 1 N–H and O–H groups in total. The molecule has 1 atom stereocenters. The van der Waals surface area contributed by atoms with Crippen LogP contribution >= 0.6 is 23.8 Å². The summed E-state index contributed by atoms with van der Waals surface area (Å²) in [4.78, 5) is 41.7. The van der Waals surface area contributed by atoms with Crippen molar-refractivity contribution in [2.45, 2.75) is 25.9 Å². The second kappa shape index (κ2) is 12.1. The molecular weight excluding hydrogens is 526 g/mol. The highest BCUT2D eigenvalue weighted by atomic mass is 35.5. The smallest absolute Gasteiger partial charge is 0.338 e. The minimum absolute atomic E-state index is 0.126. The number of anilines is 2. The fraction of sp³-hybridized carbons (Fsp3) is 0.214. The number of halogens is 1. The molecule has 1 fully saturated rings. The van der Waals surface area contributed by atoms with Crippen molar-refractivity contribution in [3.8, 4) is 5.75 Å². The lowest BCUT2D eigenvalue weighted by molar-refractivity contribution is -0.124. The summed E-state index contributed by atoms with van der Waals surface area (Å²) in [5.41, 5.74) is 2.35. The molecule has 8 nitrogen and oxygen atoms in total. The summed E-state index contributed by atoms with van der Waals surface area (Å²) in [5.74, 6) is -0.462. The van der Waals surface area contributed by atoms with E-state index in [4.69, 9.17) is 33.3 Å². The number of hydrogen-bond donors (Lipinski definition) is 1. The van der Waals surface area contributed by atoms with Crippen molar-refractivity contribution in [2.75, 3.05) is 23.9 Å². The zero-order valence-electron chi connectivity index (χ0n) is 20.8. The van der Waals surface area contributed by atoms with Gasteiger partial charge in [-0.3, -0.25) is 14.5 Å². The van der Waals surface area contributed by atoms with Crippen LogP contribution in [0.3, 0.4) is 0 Å². The van der Waals surface area contributed by atoms with Gasteiger partial charge in [-0.2, -0.15) is 0 Å². The number of carbonyl (C=O) groups excluding carboxylic acids is 3. The molecule has 1 aliphatic rings. The monoisotopic (exact) mass is 551 g/mol. The first-order valence-corrected chi connectivity index (χ1v) is 12.7. The maximum absolute atomic E-state index is 13.6. The van der Waals surface area contributed by atoms with E-state index in [9.17, 15) is 14.4 Å². The van der Waals surface area contributed by atoms with Gasteiger partial charge < -0.3 is 19.7 Å². The number of esters is 1. The molecular formula is C28H26ClN3O5S. The summed E-state index contributed by atoms with van der Waals surface area (Å²) in [6.07, 6.45) is -0.126. The highest BCUT2D eigenvalue weighted by Crippen LogP contribution is 2.30. The van der Waals surface area contributed by atoms with Crippen LogP contribution in [0, 0.1) is 0 Å². The molecule has 4 rings (SSSR count). The van der Waals surface area contributed by atoms with Gasteiger partial charge in [0, 0.05) is 17.3 Å². The minimum Gasteiger partial charge on any atom is -0.497 e. The first-order valence-electron chi connectivity index (χ1n) is 11.9. The molecule has 1 saturated heterocycles. The summed E-state index contributed by atoms with van der Waals surface area (Å²) in [7, 11) is 1.56. The summed E-state index contributed by atoms with van der Waals surface area (Å²) < 4.78 is 10.2. The van der Waals surface area contributed by atoms with Gasteiger partial charge >= 0.3 is 5.97 Å². The molecule has 0 bridgehead atoms. The number of rotatable bonds is 9. The number of nitrogens with zero attached hydrogens (tertiary/aromatic N) is 2. The zero-order valence-corrected chi connectivity index (χ0v) is 22.4.